The summed E-state index contributed by atoms with van der Waals surface area (Å²) in [7, 11) is 1.62. The van der Waals surface area contributed by atoms with Gasteiger partial charge in [0.1, 0.15) is 28.7 Å². The average molecular weight is 818 g/mol. The lowest BCUT2D eigenvalue weighted by Gasteiger charge is -2.26. The summed E-state index contributed by atoms with van der Waals surface area (Å²) < 4.78 is 40.0. The van der Waals surface area contributed by atoms with Gasteiger partial charge in [0.2, 0.25) is 5.88 Å². The minimum Gasteiger partial charge on any atom is -0.497 e. The van der Waals surface area contributed by atoms with Crippen LogP contribution in [-0.4, -0.2) is 56.4 Å². The number of fused-ring (bicyclic) bond motifs is 3. The number of methoxy groups -OCH3 is 1. The SMILES string of the molecule is C=CC(=O)OCCCCOc1ccc(CCOC(=O)C2CCC(C(=O)Oc3ccc4c(c3)nc(Oc3ccc(OCCCCCC)cc3)c3cc(OC)ccc34)CC2)cc1. The Balaban J connectivity index is 0.977. The summed E-state index contributed by atoms with van der Waals surface area (Å²) >= 11 is 0. The number of unbranched alkanes of at least 4 members (excludes halogenated alkanes) is 4. The van der Waals surface area contributed by atoms with Gasteiger partial charge in [-0.3, -0.25) is 9.59 Å². The molecule has 0 radical (unpaired) electrons. The number of rotatable bonds is 22. The first-order valence-corrected chi connectivity index (χ1v) is 21.0. The van der Waals surface area contributed by atoms with Crippen molar-refractivity contribution in [3.05, 3.63) is 103 Å². The summed E-state index contributed by atoms with van der Waals surface area (Å²) in [6.45, 7) is 7.37. The Morgan fingerprint density at radius 1 is 0.633 bits per heavy atom. The van der Waals surface area contributed by atoms with Gasteiger partial charge in [-0.15, -0.1) is 0 Å². The van der Waals surface area contributed by atoms with Crippen molar-refractivity contribution in [2.45, 2.75) is 77.6 Å². The van der Waals surface area contributed by atoms with E-state index >= 15 is 0 Å². The molecule has 0 N–H and O–H groups in total. The Bertz CT molecular complexity index is 2190. The zero-order valence-corrected chi connectivity index (χ0v) is 34.7. The lowest BCUT2D eigenvalue weighted by molar-refractivity contribution is -0.152. The van der Waals surface area contributed by atoms with Crippen LogP contribution in [0.5, 0.6) is 34.6 Å². The molecule has 1 saturated carbocycles. The van der Waals surface area contributed by atoms with Gasteiger partial charge in [0.05, 0.1) is 50.9 Å². The molecular weight excluding hydrogens is 763 g/mol. The number of ether oxygens (including phenoxy) is 7. The van der Waals surface area contributed by atoms with Crippen LogP contribution >= 0.6 is 0 Å². The summed E-state index contributed by atoms with van der Waals surface area (Å²) in [5.74, 6) is 2.07. The van der Waals surface area contributed by atoms with Crippen molar-refractivity contribution in [1.82, 2.24) is 4.98 Å². The van der Waals surface area contributed by atoms with Crippen molar-refractivity contribution < 1.29 is 47.5 Å². The van der Waals surface area contributed by atoms with Crippen LogP contribution in [0.1, 0.15) is 76.7 Å². The number of carbonyl (C=O) groups excluding carboxylic acids is 3. The maximum Gasteiger partial charge on any atom is 0.330 e. The van der Waals surface area contributed by atoms with Gasteiger partial charge < -0.3 is 33.2 Å². The predicted molar refractivity (Wildman–Crippen MR) is 230 cm³/mol. The molecule has 1 aliphatic carbocycles. The van der Waals surface area contributed by atoms with Gasteiger partial charge in [0, 0.05) is 29.3 Å². The molecule has 11 heteroatoms. The molecule has 0 bridgehead atoms. The molecule has 11 nitrogen and oxygen atoms in total. The molecule has 316 valence electrons. The minimum absolute atomic E-state index is 0.230. The first-order chi connectivity index (χ1) is 29.3. The zero-order chi connectivity index (χ0) is 42.1. The number of benzene rings is 4. The highest BCUT2D eigenvalue weighted by Gasteiger charge is 2.32. The number of carbonyl (C=O) groups is 3. The van der Waals surface area contributed by atoms with Crippen LogP contribution in [0, 0.1) is 11.8 Å². The minimum atomic E-state index is -0.421. The molecule has 1 fully saturated rings. The fourth-order valence-electron chi connectivity index (χ4n) is 7.17. The smallest absolute Gasteiger partial charge is 0.330 e. The largest absolute Gasteiger partial charge is 0.497 e. The standard InChI is InChI=1S/C49H55NO10/c1-4-6-7-8-28-55-38-19-21-39(22-20-38)59-47-44-32-40(54-3)23-25-42(44)43-26-24-41(33-45(43)50-47)60-49(53)36-15-13-35(14-16-36)48(52)58-31-27-34-11-17-37(18-12-34)56-29-9-10-30-57-46(51)5-2/h5,11-12,17-26,32-33,35-36H,2,4,6-10,13-16,27-31H2,1,3H3. The molecule has 0 spiro atoms. The zero-order valence-electron chi connectivity index (χ0n) is 34.7. The van der Waals surface area contributed by atoms with Crippen LogP contribution in [0.3, 0.4) is 0 Å². The summed E-state index contributed by atoms with van der Waals surface area (Å²) in [5, 5.41) is 2.59. The van der Waals surface area contributed by atoms with E-state index in [2.05, 4.69) is 13.5 Å². The van der Waals surface area contributed by atoms with Gasteiger partial charge in [0.15, 0.2) is 0 Å². The molecule has 4 aromatic carbocycles. The molecule has 6 rings (SSSR count). The van der Waals surface area contributed by atoms with E-state index in [0.29, 0.717) is 87.0 Å². The molecule has 60 heavy (non-hydrogen) atoms. The van der Waals surface area contributed by atoms with Gasteiger partial charge >= 0.3 is 17.9 Å². The van der Waals surface area contributed by atoms with E-state index in [1.54, 1.807) is 19.2 Å². The van der Waals surface area contributed by atoms with Crippen molar-refractivity contribution in [3.8, 4) is 34.6 Å². The van der Waals surface area contributed by atoms with E-state index in [9.17, 15) is 14.4 Å². The van der Waals surface area contributed by atoms with Crippen molar-refractivity contribution in [1.29, 1.82) is 0 Å². The van der Waals surface area contributed by atoms with Crippen LogP contribution in [0.15, 0.2) is 97.6 Å². The summed E-state index contributed by atoms with van der Waals surface area (Å²) in [6.07, 6.45) is 9.97. The molecule has 1 aliphatic rings. The average Bonchev–Trinajstić information content (AvgIpc) is 3.28. The first-order valence-electron chi connectivity index (χ1n) is 21.0. The van der Waals surface area contributed by atoms with Gasteiger partial charge in [0.25, 0.3) is 0 Å². The van der Waals surface area contributed by atoms with Crippen LogP contribution in [0.4, 0.5) is 0 Å². The molecular formula is C49H55NO10. The van der Waals surface area contributed by atoms with Gasteiger partial charge in [-0.1, -0.05) is 44.9 Å². The summed E-state index contributed by atoms with van der Waals surface area (Å²) in [5.41, 5.74) is 1.65. The van der Waals surface area contributed by atoms with Gasteiger partial charge in [-0.2, -0.15) is 0 Å². The maximum absolute atomic E-state index is 13.4. The Morgan fingerprint density at radius 2 is 1.23 bits per heavy atom. The normalized spacial score (nSPS) is 14.9. The van der Waals surface area contributed by atoms with Gasteiger partial charge in [-0.25, -0.2) is 9.78 Å². The van der Waals surface area contributed by atoms with Crippen LogP contribution in [0.25, 0.3) is 21.7 Å². The number of hydrogen-bond donors (Lipinski definition) is 0. The molecule has 0 atom stereocenters. The quantitative estimate of drug-likeness (QED) is 0.0218. The highest BCUT2D eigenvalue weighted by atomic mass is 16.5. The molecule has 0 aliphatic heterocycles. The molecule has 1 heterocycles. The van der Waals surface area contributed by atoms with Crippen LogP contribution in [-0.2, 0) is 30.3 Å². The second-order valence-electron chi connectivity index (χ2n) is 14.9. The van der Waals surface area contributed by atoms with Crippen molar-refractivity contribution in [2.75, 3.05) is 33.5 Å². The molecule has 0 saturated heterocycles. The lowest BCUT2D eigenvalue weighted by atomic mass is 9.82. The number of hydrogen-bond acceptors (Lipinski definition) is 11. The van der Waals surface area contributed by atoms with Crippen LogP contribution in [0.2, 0.25) is 0 Å². The number of aromatic nitrogens is 1. The van der Waals surface area contributed by atoms with E-state index in [-0.39, 0.29) is 30.4 Å². The topological polar surface area (TPSA) is 129 Å². The van der Waals surface area contributed by atoms with E-state index in [0.717, 1.165) is 58.6 Å². The molecule has 5 aromatic rings. The fourth-order valence-corrected chi connectivity index (χ4v) is 7.17. The Kier molecular flexibility index (Phi) is 16.2. The second kappa shape index (κ2) is 22.3. The molecule has 0 unspecified atom stereocenters. The van der Waals surface area contributed by atoms with E-state index < -0.39 is 5.97 Å². The first kappa shape index (κ1) is 43.5. The molecule has 1 aromatic heterocycles. The summed E-state index contributed by atoms with van der Waals surface area (Å²) in [6, 6.07) is 26.4. The second-order valence-corrected chi connectivity index (χ2v) is 14.9. The summed E-state index contributed by atoms with van der Waals surface area (Å²) in [4.78, 5) is 42.3. The number of pyridine rings is 1. The predicted octanol–water partition coefficient (Wildman–Crippen LogP) is 10.5. The fraction of sp³-hybridized carbons (Fsp3) is 0.388. The highest BCUT2D eigenvalue weighted by molar-refractivity contribution is 6.08. The van der Waals surface area contributed by atoms with Gasteiger partial charge in [-0.05, 0) is 123 Å². The number of esters is 3. The third-order valence-electron chi connectivity index (χ3n) is 10.6. The van der Waals surface area contributed by atoms with E-state index in [4.69, 9.17) is 38.1 Å². The monoisotopic (exact) mass is 817 g/mol. The molecule has 0 amide bonds. The Labute approximate surface area is 351 Å². The van der Waals surface area contributed by atoms with E-state index in [1.165, 1.54) is 12.8 Å². The van der Waals surface area contributed by atoms with Crippen molar-refractivity contribution >= 4 is 39.6 Å². The van der Waals surface area contributed by atoms with Crippen molar-refractivity contribution in [3.63, 3.8) is 0 Å². The van der Waals surface area contributed by atoms with Crippen molar-refractivity contribution in [2.24, 2.45) is 11.8 Å². The van der Waals surface area contributed by atoms with Crippen LogP contribution < -0.4 is 23.7 Å². The third kappa shape index (κ3) is 12.5. The highest BCUT2D eigenvalue weighted by Crippen LogP contribution is 2.38. The van der Waals surface area contributed by atoms with E-state index in [1.807, 2.05) is 72.8 Å². The lowest BCUT2D eigenvalue weighted by Crippen LogP contribution is -2.29. The third-order valence-corrected chi connectivity index (χ3v) is 10.6. The maximum atomic E-state index is 13.4. The Hall–Kier alpha value is -6.10. The Morgan fingerprint density at radius 3 is 1.92 bits per heavy atom. The number of nitrogens with zero attached hydrogens (tertiary/aromatic N) is 1.